The maximum absolute atomic E-state index is 8.42. The molecule has 2 N–H and O–H groups in total. The van der Waals surface area contributed by atoms with Crippen LogP contribution in [0, 0.1) is 11.3 Å². The van der Waals surface area contributed by atoms with E-state index in [0.717, 1.165) is 29.5 Å². The monoisotopic (exact) mass is 310 g/mol. The number of hydrogen-bond acceptors (Lipinski definition) is 3. The first-order valence-electron chi connectivity index (χ1n) is 6.17. The summed E-state index contributed by atoms with van der Waals surface area (Å²) < 4.78 is 6.61. The molecule has 0 aliphatic rings. The largest absolute Gasteiger partial charge is 0.492 e. The third-order valence-corrected chi connectivity index (χ3v) is 3.11. The van der Waals surface area contributed by atoms with Gasteiger partial charge in [-0.15, -0.1) is 0 Å². The van der Waals surface area contributed by atoms with Gasteiger partial charge in [0.1, 0.15) is 5.75 Å². The van der Waals surface area contributed by atoms with Gasteiger partial charge in [-0.1, -0.05) is 6.07 Å². The molecule has 0 aliphatic carbocycles. The van der Waals surface area contributed by atoms with Crippen molar-refractivity contribution in [3.8, 4) is 11.8 Å². The molecule has 0 saturated heterocycles. The van der Waals surface area contributed by atoms with E-state index in [-0.39, 0.29) is 6.04 Å². The number of benzene rings is 1. The van der Waals surface area contributed by atoms with Crippen LogP contribution in [-0.4, -0.2) is 12.6 Å². The summed E-state index contributed by atoms with van der Waals surface area (Å²) in [6, 6.07) is 8.34. The molecule has 1 atom stereocenters. The third-order valence-electron chi connectivity index (χ3n) is 2.49. The topological polar surface area (TPSA) is 59.0 Å². The second-order valence-electron chi connectivity index (χ2n) is 4.41. The van der Waals surface area contributed by atoms with E-state index in [1.807, 2.05) is 25.1 Å². The summed E-state index contributed by atoms with van der Waals surface area (Å²) in [5, 5.41) is 8.42. The summed E-state index contributed by atoms with van der Waals surface area (Å²) in [6.45, 7) is 2.64. The number of nitriles is 1. The van der Waals surface area contributed by atoms with Crippen LogP contribution in [0.3, 0.4) is 0 Å². The standard InChI is InChI=1S/C14H19BrN2O/c1-11(17)9-12-5-6-14(13(15)10-12)18-8-4-2-3-7-16/h5-6,10-11H,2-4,8-9,17H2,1H3. The van der Waals surface area contributed by atoms with Crippen molar-refractivity contribution in [1.82, 2.24) is 0 Å². The summed E-state index contributed by atoms with van der Waals surface area (Å²) >= 11 is 3.50. The number of nitrogens with two attached hydrogens (primary N) is 1. The van der Waals surface area contributed by atoms with E-state index in [4.69, 9.17) is 15.7 Å². The predicted molar refractivity (Wildman–Crippen MR) is 76.5 cm³/mol. The molecule has 0 saturated carbocycles. The van der Waals surface area contributed by atoms with E-state index in [9.17, 15) is 0 Å². The van der Waals surface area contributed by atoms with Gasteiger partial charge in [-0.25, -0.2) is 0 Å². The molecular weight excluding hydrogens is 292 g/mol. The van der Waals surface area contributed by atoms with Crippen molar-refractivity contribution in [3.63, 3.8) is 0 Å². The Hall–Kier alpha value is -1.05. The van der Waals surface area contributed by atoms with Crippen LogP contribution in [-0.2, 0) is 6.42 Å². The minimum absolute atomic E-state index is 0.162. The molecule has 0 radical (unpaired) electrons. The predicted octanol–water partition coefficient (Wildman–Crippen LogP) is 3.41. The number of unbranched alkanes of at least 4 members (excludes halogenated alkanes) is 2. The fourth-order valence-electron chi connectivity index (χ4n) is 1.65. The highest BCUT2D eigenvalue weighted by Gasteiger charge is 2.04. The first-order valence-corrected chi connectivity index (χ1v) is 6.96. The van der Waals surface area contributed by atoms with Crippen molar-refractivity contribution in [1.29, 1.82) is 5.26 Å². The van der Waals surface area contributed by atoms with Gasteiger partial charge in [0.2, 0.25) is 0 Å². The third kappa shape index (κ3) is 5.52. The zero-order chi connectivity index (χ0) is 13.4. The molecule has 0 spiro atoms. The van der Waals surface area contributed by atoms with Crippen LogP contribution in [0.15, 0.2) is 22.7 Å². The van der Waals surface area contributed by atoms with Gasteiger partial charge in [0, 0.05) is 12.5 Å². The lowest BCUT2D eigenvalue weighted by Gasteiger charge is -2.10. The molecule has 98 valence electrons. The Balaban J connectivity index is 2.45. The normalized spacial score (nSPS) is 11.9. The first kappa shape index (κ1) is 15.0. The van der Waals surface area contributed by atoms with Crippen LogP contribution in [0.4, 0.5) is 0 Å². The van der Waals surface area contributed by atoms with Gasteiger partial charge in [-0.05, 0) is 59.8 Å². The van der Waals surface area contributed by atoms with Gasteiger partial charge in [0.05, 0.1) is 17.1 Å². The smallest absolute Gasteiger partial charge is 0.133 e. The number of ether oxygens (including phenoxy) is 1. The van der Waals surface area contributed by atoms with Crippen molar-refractivity contribution < 1.29 is 4.74 Å². The number of rotatable bonds is 7. The van der Waals surface area contributed by atoms with E-state index in [2.05, 4.69) is 22.0 Å². The zero-order valence-electron chi connectivity index (χ0n) is 10.7. The van der Waals surface area contributed by atoms with Gasteiger partial charge < -0.3 is 10.5 Å². The lowest BCUT2D eigenvalue weighted by molar-refractivity contribution is 0.305. The zero-order valence-corrected chi connectivity index (χ0v) is 12.2. The van der Waals surface area contributed by atoms with Gasteiger partial charge in [-0.2, -0.15) is 5.26 Å². The number of hydrogen-bond donors (Lipinski definition) is 1. The highest BCUT2D eigenvalue weighted by molar-refractivity contribution is 9.10. The average molecular weight is 311 g/mol. The maximum Gasteiger partial charge on any atom is 0.133 e. The second-order valence-corrected chi connectivity index (χ2v) is 5.26. The molecule has 0 heterocycles. The summed E-state index contributed by atoms with van der Waals surface area (Å²) in [5.41, 5.74) is 6.97. The van der Waals surface area contributed by atoms with E-state index in [0.29, 0.717) is 13.0 Å². The lowest BCUT2D eigenvalue weighted by atomic mass is 10.1. The lowest BCUT2D eigenvalue weighted by Crippen LogP contribution is -2.17. The molecule has 0 bridgehead atoms. The molecule has 1 unspecified atom stereocenters. The van der Waals surface area contributed by atoms with E-state index in [1.165, 1.54) is 5.56 Å². The average Bonchev–Trinajstić information content (AvgIpc) is 2.30. The fraction of sp³-hybridized carbons (Fsp3) is 0.500. The molecule has 1 rings (SSSR count). The molecule has 1 aromatic rings. The summed E-state index contributed by atoms with van der Waals surface area (Å²) in [5.74, 6) is 0.848. The summed E-state index contributed by atoms with van der Waals surface area (Å²) in [6.07, 6.45) is 3.25. The van der Waals surface area contributed by atoms with E-state index >= 15 is 0 Å². The highest BCUT2D eigenvalue weighted by atomic mass is 79.9. The van der Waals surface area contributed by atoms with Crippen LogP contribution in [0.5, 0.6) is 5.75 Å². The first-order chi connectivity index (χ1) is 8.63. The molecule has 1 aromatic carbocycles. The van der Waals surface area contributed by atoms with Crippen molar-refractivity contribution in [2.75, 3.05) is 6.61 Å². The summed E-state index contributed by atoms with van der Waals surface area (Å²) in [7, 11) is 0. The van der Waals surface area contributed by atoms with E-state index in [1.54, 1.807) is 0 Å². The molecule has 0 amide bonds. The molecular formula is C14H19BrN2O. The highest BCUT2D eigenvalue weighted by Crippen LogP contribution is 2.26. The van der Waals surface area contributed by atoms with E-state index < -0.39 is 0 Å². The minimum atomic E-state index is 0.162. The Labute approximate surface area is 117 Å². The van der Waals surface area contributed by atoms with Gasteiger partial charge >= 0.3 is 0 Å². The van der Waals surface area contributed by atoms with Crippen molar-refractivity contribution in [2.45, 2.75) is 38.6 Å². The molecule has 0 aromatic heterocycles. The quantitative estimate of drug-likeness (QED) is 0.785. The second kappa shape index (κ2) is 8.12. The SMILES string of the molecule is CC(N)Cc1ccc(OCCCCC#N)c(Br)c1. The van der Waals surface area contributed by atoms with Crippen molar-refractivity contribution >= 4 is 15.9 Å². The summed E-state index contributed by atoms with van der Waals surface area (Å²) in [4.78, 5) is 0. The van der Waals surface area contributed by atoms with Crippen molar-refractivity contribution in [3.05, 3.63) is 28.2 Å². The number of nitrogens with zero attached hydrogens (tertiary/aromatic N) is 1. The Morgan fingerprint density at radius 2 is 2.22 bits per heavy atom. The fourth-order valence-corrected chi connectivity index (χ4v) is 2.19. The Morgan fingerprint density at radius 3 is 2.83 bits per heavy atom. The molecule has 0 aliphatic heterocycles. The molecule has 0 fully saturated rings. The van der Waals surface area contributed by atoms with Crippen LogP contribution in [0.1, 0.15) is 31.7 Å². The Kier molecular flexibility index (Phi) is 6.77. The Morgan fingerprint density at radius 1 is 1.44 bits per heavy atom. The van der Waals surface area contributed by atoms with Crippen LogP contribution in [0.2, 0.25) is 0 Å². The van der Waals surface area contributed by atoms with Gasteiger partial charge in [0.15, 0.2) is 0 Å². The maximum atomic E-state index is 8.42. The van der Waals surface area contributed by atoms with Crippen LogP contribution < -0.4 is 10.5 Å². The Bertz CT molecular complexity index is 413. The molecule has 18 heavy (non-hydrogen) atoms. The van der Waals surface area contributed by atoms with Gasteiger partial charge in [0.25, 0.3) is 0 Å². The van der Waals surface area contributed by atoms with Crippen LogP contribution in [0.25, 0.3) is 0 Å². The van der Waals surface area contributed by atoms with Crippen LogP contribution >= 0.6 is 15.9 Å². The van der Waals surface area contributed by atoms with Gasteiger partial charge in [-0.3, -0.25) is 0 Å². The molecule has 4 heteroatoms. The number of halogens is 1. The minimum Gasteiger partial charge on any atom is -0.492 e. The van der Waals surface area contributed by atoms with Crippen molar-refractivity contribution in [2.24, 2.45) is 5.73 Å². The molecule has 3 nitrogen and oxygen atoms in total.